The first-order valence-electron chi connectivity index (χ1n) is 9.81. The molecule has 0 aromatic carbocycles. The lowest BCUT2D eigenvalue weighted by Crippen LogP contribution is -2.27. The highest BCUT2D eigenvalue weighted by Gasteiger charge is 2.27. The Hall–Kier alpha value is -1.69. The van der Waals surface area contributed by atoms with E-state index in [1.54, 1.807) is 0 Å². The van der Waals surface area contributed by atoms with Gasteiger partial charge in [0, 0.05) is 32.5 Å². The molecule has 0 unspecified atom stereocenters. The molecule has 136 valence electrons. The Bertz CT molecular complexity index is 719. The lowest BCUT2D eigenvalue weighted by Gasteiger charge is -2.15. The molecule has 1 N–H and O–H groups in total. The van der Waals surface area contributed by atoms with Gasteiger partial charge < -0.3 is 9.73 Å². The second kappa shape index (κ2) is 7.28. The number of aromatic nitrogens is 4. The summed E-state index contributed by atoms with van der Waals surface area (Å²) in [7, 11) is 2.09. The molecule has 2 aliphatic carbocycles. The fraction of sp³-hybridized carbons (Fsp3) is 0.737. The Balaban J connectivity index is 1.30. The van der Waals surface area contributed by atoms with E-state index in [0.717, 1.165) is 37.6 Å². The molecular formula is C19H29N5O. The van der Waals surface area contributed by atoms with Crippen LogP contribution in [0.1, 0.15) is 67.8 Å². The molecule has 0 amide bonds. The Kier molecular flexibility index (Phi) is 4.88. The van der Waals surface area contributed by atoms with Gasteiger partial charge in [-0.15, -0.1) is 10.2 Å². The van der Waals surface area contributed by atoms with E-state index in [4.69, 9.17) is 9.52 Å². The molecule has 2 aromatic heterocycles. The van der Waals surface area contributed by atoms with Gasteiger partial charge in [0.25, 0.3) is 0 Å². The van der Waals surface area contributed by atoms with E-state index in [2.05, 4.69) is 27.2 Å². The summed E-state index contributed by atoms with van der Waals surface area (Å²) < 4.78 is 7.77. The van der Waals surface area contributed by atoms with Crippen molar-refractivity contribution in [2.24, 2.45) is 13.0 Å². The molecular weight excluding hydrogens is 314 g/mol. The maximum absolute atomic E-state index is 5.67. The SMILES string of the molecule is CCc1nnc(C[C@@H]2CC[C@H](NCc3c4c(nn3C)CCCC4)C2)o1. The molecule has 6 nitrogen and oxygen atoms in total. The molecule has 2 heterocycles. The van der Waals surface area contributed by atoms with Crippen LogP contribution in [-0.4, -0.2) is 26.0 Å². The van der Waals surface area contributed by atoms with E-state index in [1.807, 2.05) is 6.92 Å². The number of fused-ring (bicyclic) bond motifs is 1. The van der Waals surface area contributed by atoms with Crippen LogP contribution in [0.4, 0.5) is 0 Å². The van der Waals surface area contributed by atoms with Crippen LogP contribution in [-0.2, 0) is 39.3 Å². The van der Waals surface area contributed by atoms with Crippen molar-refractivity contribution in [2.45, 2.75) is 77.3 Å². The summed E-state index contributed by atoms with van der Waals surface area (Å²) in [6, 6.07) is 0.590. The first-order valence-corrected chi connectivity index (χ1v) is 9.81. The third-order valence-electron chi connectivity index (χ3n) is 5.82. The fourth-order valence-electron chi connectivity index (χ4n) is 4.42. The van der Waals surface area contributed by atoms with Gasteiger partial charge >= 0.3 is 0 Å². The Morgan fingerprint density at radius 3 is 2.84 bits per heavy atom. The van der Waals surface area contributed by atoms with Crippen LogP contribution in [0.15, 0.2) is 4.42 Å². The molecule has 25 heavy (non-hydrogen) atoms. The number of hydrogen-bond donors (Lipinski definition) is 1. The van der Waals surface area contributed by atoms with Crippen molar-refractivity contribution in [2.75, 3.05) is 0 Å². The van der Waals surface area contributed by atoms with E-state index < -0.39 is 0 Å². The second-order valence-electron chi connectivity index (χ2n) is 7.61. The van der Waals surface area contributed by atoms with Crippen molar-refractivity contribution in [1.82, 2.24) is 25.3 Å². The van der Waals surface area contributed by atoms with E-state index in [9.17, 15) is 0 Å². The third-order valence-corrected chi connectivity index (χ3v) is 5.82. The smallest absolute Gasteiger partial charge is 0.216 e. The largest absolute Gasteiger partial charge is 0.425 e. The molecule has 1 fully saturated rings. The minimum Gasteiger partial charge on any atom is -0.425 e. The predicted octanol–water partition coefficient (Wildman–Crippen LogP) is 2.75. The number of aryl methyl sites for hydroxylation is 3. The molecule has 0 saturated heterocycles. The van der Waals surface area contributed by atoms with Gasteiger partial charge in [-0.3, -0.25) is 4.68 Å². The minimum atomic E-state index is 0.590. The van der Waals surface area contributed by atoms with Crippen LogP contribution < -0.4 is 5.32 Å². The van der Waals surface area contributed by atoms with Crippen molar-refractivity contribution in [3.05, 3.63) is 28.7 Å². The van der Waals surface area contributed by atoms with E-state index in [-0.39, 0.29) is 0 Å². The van der Waals surface area contributed by atoms with Gasteiger partial charge in [0.15, 0.2) is 0 Å². The summed E-state index contributed by atoms with van der Waals surface area (Å²) in [5, 5.41) is 16.8. The lowest BCUT2D eigenvalue weighted by atomic mass is 9.96. The predicted molar refractivity (Wildman–Crippen MR) is 95.2 cm³/mol. The molecule has 2 aromatic rings. The molecule has 0 aliphatic heterocycles. The highest BCUT2D eigenvalue weighted by molar-refractivity contribution is 5.28. The highest BCUT2D eigenvalue weighted by Crippen LogP contribution is 2.29. The minimum absolute atomic E-state index is 0.590. The van der Waals surface area contributed by atoms with Crippen molar-refractivity contribution in [3.63, 3.8) is 0 Å². The zero-order valence-electron chi connectivity index (χ0n) is 15.4. The first-order chi connectivity index (χ1) is 12.2. The van der Waals surface area contributed by atoms with Crippen molar-refractivity contribution in [1.29, 1.82) is 0 Å². The second-order valence-corrected chi connectivity index (χ2v) is 7.61. The van der Waals surface area contributed by atoms with Crippen LogP contribution in [0.2, 0.25) is 0 Å². The topological polar surface area (TPSA) is 68.8 Å². The normalized spacial score (nSPS) is 23.1. The maximum atomic E-state index is 5.67. The van der Waals surface area contributed by atoms with Crippen LogP contribution in [0.3, 0.4) is 0 Å². The molecule has 0 bridgehead atoms. The summed E-state index contributed by atoms with van der Waals surface area (Å²) >= 11 is 0. The first kappa shape index (κ1) is 16.8. The summed E-state index contributed by atoms with van der Waals surface area (Å²) in [6.07, 6.45) is 10.4. The van der Waals surface area contributed by atoms with E-state index in [0.29, 0.717) is 12.0 Å². The molecule has 4 rings (SSSR count). The fourth-order valence-corrected chi connectivity index (χ4v) is 4.42. The van der Waals surface area contributed by atoms with Gasteiger partial charge in [0.05, 0.1) is 11.4 Å². The van der Waals surface area contributed by atoms with E-state index in [1.165, 1.54) is 55.5 Å². The zero-order chi connectivity index (χ0) is 17.2. The van der Waals surface area contributed by atoms with Crippen LogP contribution in [0.5, 0.6) is 0 Å². The molecule has 2 atom stereocenters. The lowest BCUT2D eigenvalue weighted by molar-refractivity contribution is 0.402. The summed E-state index contributed by atoms with van der Waals surface area (Å²) in [5.41, 5.74) is 4.23. The monoisotopic (exact) mass is 343 g/mol. The average molecular weight is 343 g/mol. The molecule has 6 heteroatoms. The standard InChI is InChI=1S/C19H29N5O/c1-3-18-21-22-19(25-18)11-13-8-9-14(10-13)20-12-17-15-6-4-5-7-16(15)23-24(17)2/h13-14,20H,3-12H2,1-2H3/t13-,14+/m1/s1. The Morgan fingerprint density at radius 2 is 2.00 bits per heavy atom. The van der Waals surface area contributed by atoms with Gasteiger partial charge in [-0.1, -0.05) is 6.92 Å². The molecule has 2 aliphatic rings. The van der Waals surface area contributed by atoms with E-state index >= 15 is 0 Å². The van der Waals surface area contributed by atoms with Crippen molar-refractivity contribution < 1.29 is 4.42 Å². The highest BCUT2D eigenvalue weighted by atomic mass is 16.4. The van der Waals surface area contributed by atoms with Gasteiger partial charge in [-0.05, 0) is 56.4 Å². The van der Waals surface area contributed by atoms with Crippen LogP contribution in [0.25, 0.3) is 0 Å². The van der Waals surface area contributed by atoms with Crippen molar-refractivity contribution in [3.8, 4) is 0 Å². The number of hydrogen-bond acceptors (Lipinski definition) is 5. The molecule has 0 spiro atoms. The third kappa shape index (κ3) is 3.64. The van der Waals surface area contributed by atoms with Crippen LogP contribution >= 0.6 is 0 Å². The van der Waals surface area contributed by atoms with Gasteiger partial charge in [-0.25, -0.2) is 0 Å². The Morgan fingerprint density at radius 1 is 1.16 bits per heavy atom. The number of nitrogens with zero attached hydrogens (tertiary/aromatic N) is 4. The van der Waals surface area contributed by atoms with Crippen molar-refractivity contribution >= 4 is 0 Å². The zero-order valence-corrected chi connectivity index (χ0v) is 15.4. The summed E-state index contributed by atoms with van der Waals surface area (Å²) in [4.78, 5) is 0. The number of rotatable bonds is 6. The molecule has 1 saturated carbocycles. The Labute approximate surface area is 149 Å². The van der Waals surface area contributed by atoms with Gasteiger partial charge in [-0.2, -0.15) is 5.10 Å². The van der Waals surface area contributed by atoms with Crippen LogP contribution in [0, 0.1) is 5.92 Å². The quantitative estimate of drug-likeness (QED) is 0.873. The van der Waals surface area contributed by atoms with Gasteiger partial charge in [0.2, 0.25) is 11.8 Å². The average Bonchev–Trinajstić information content (AvgIpc) is 3.32. The number of nitrogens with one attached hydrogen (secondary N) is 1. The maximum Gasteiger partial charge on any atom is 0.216 e. The summed E-state index contributed by atoms with van der Waals surface area (Å²) in [6.45, 7) is 2.99. The summed E-state index contributed by atoms with van der Waals surface area (Å²) in [5.74, 6) is 2.22. The van der Waals surface area contributed by atoms with Gasteiger partial charge in [0.1, 0.15) is 0 Å². The molecule has 0 radical (unpaired) electrons.